The average molecular weight is 353 g/mol. The summed E-state index contributed by atoms with van der Waals surface area (Å²) < 4.78 is 7.72. The number of aromatic amines is 1. The molecule has 3 heterocycles. The lowest BCUT2D eigenvalue weighted by atomic mass is 9.89. The minimum atomic E-state index is -0.333. The third kappa shape index (κ3) is 3.21. The topological polar surface area (TPSA) is 85.7 Å². The van der Waals surface area contributed by atoms with Crippen LogP contribution in [0.5, 0.6) is 11.8 Å². The maximum absolute atomic E-state index is 12.6. The zero-order chi connectivity index (χ0) is 17.9. The molecule has 1 saturated carbocycles. The van der Waals surface area contributed by atoms with Crippen molar-refractivity contribution >= 4 is 11.2 Å². The molecule has 3 aromatic rings. The van der Waals surface area contributed by atoms with Crippen LogP contribution in [0.4, 0.5) is 0 Å². The number of pyridine rings is 1. The van der Waals surface area contributed by atoms with E-state index in [0.717, 1.165) is 25.1 Å². The highest BCUT2D eigenvalue weighted by molar-refractivity contribution is 5.70. The molecular formula is C19H23N5O2. The standard InChI is InChI=1S/C19H23N5O2/c1-2-11-24-17-15(21-16(22-17)13-7-4-3-5-8-13)18(25)23-19(24)26-14-9-6-10-20-12-14/h6,9-10,12-13H,2-5,7-8,11H2,1H3,(H,21,22). The molecule has 0 radical (unpaired) electrons. The van der Waals surface area contributed by atoms with Gasteiger partial charge in [0.2, 0.25) is 0 Å². The Morgan fingerprint density at radius 2 is 2.12 bits per heavy atom. The summed E-state index contributed by atoms with van der Waals surface area (Å²) in [7, 11) is 0. The molecule has 0 aliphatic heterocycles. The second kappa shape index (κ2) is 7.27. The molecule has 7 heteroatoms. The summed E-state index contributed by atoms with van der Waals surface area (Å²) in [6, 6.07) is 3.84. The van der Waals surface area contributed by atoms with Crippen molar-refractivity contribution in [2.75, 3.05) is 0 Å². The molecule has 1 aliphatic rings. The van der Waals surface area contributed by atoms with Gasteiger partial charge in [0, 0.05) is 18.7 Å². The summed E-state index contributed by atoms with van der Waals surface area (Å²) in [6.45, 7) is 2.75. The summed E-state index contributed by atoms with van der Waals surface area (Å²) in [6.07, 6.45) is 10.1. The lowest BCUT2D eigenvalue weighted by Crippen LogP contribution is -2.16. The molecule has 4 rings (SSSR count). The summed E-state index contributed by atoms with van der Waals surface area (Å²) in [5, 5.41) is 0. The number of ether oxygens (including phenoxy) is 1. The van der Waals surface area contributed by atoms with Crippen molar-refractivity contribution in [3.05, 3.63) is 40.7 Å². The third-order valence-corrected chi connectivity index (χ3v) is 4.88. The fourth-order valence-corrected chi connectivity index (χ4v) is 3.61. The first-order chi connectivity index (χ1) is 12.8. The smallest absolute Gasteiger partial charge is 0.307 e. The van der Waals surface area contributed by atoms with Crippen molar-refractivity contribution in [3.8, 4) is 11.8 Å². The van der Waals surface area contributed by atoms with Gasteiger partial charge in [-0.2, -0.15) is 4.98 Å². The van der Waals surface area contributed by atoms with Crippen LogP contribution in [0.2, 0.25) is 0 Å². The van der Waals surface area contributed by atoms with Crippen LogP contribution in [-0.2, 0) is 6.54 Å². The van der Waals surface area contributed by atoms with Gasteiger partial charge in [0.15, 0.2) is 11.2 Å². The molecule has 0 amide bonds. The van der Waals surface area contributed by atoms with Gasteiger partial charge in [0.25, 0.3) is 0 Å². The largest absolute Gasteiger partial charge is 0.424 e. The van der Waals surface area contributed by atoms with E-state index in [1.807, 2.05) is 4.57 Å². The van der Waals surface area contributed by atoms with Crippen molar-refractivity contribution in [2.45, 2.75) is 57.9 Å². The van der Waals surface area contributed by atoms with E-state index in [4.69, 9.17) is 9.72 Å². The summed E-state index contributed by atoms with van der Waals surface area (Å²) >= 11 is 0. The molecule has 0 unspecified atom stereocenters. The molecule has 1 aliphatic carbocycles. The van der Waals surface area contributed by atoms with Gasteiger partial charge in [0.05, 0.1) is 6.20 Å². The molecule has 0 bridgehead atoms. The normalized spacial score (nSPS) is 15.4. The van der Waals surface area contributed by atoms with E-state index in [1.54, 1.807) is 24.5 Å². The Hall–Kier alpha value is -2.70. The van der Waals surface area contributed by atoms with E-state index in [2.05, 4.69) is 21.9 Å². The first-order valence-electron chi connectivity index (χ1n) is 9.34. The van der Waals surface area contributed by atoms with Crippen molar-refractivity contribution in [2.24, 2.45) is 0 Å². The second-order valence-corrected chi connectivity index (χ2v) is 6.80. The van der Waals surface area contributed by atoms with Gasteiger partial charge in [-0.05, 0) is 31.4 Å². The van der Waals surface area contributed by atoms with Gasteiger partial charge in [-0.1, -0.05) is 26.2 Å². The first kappa shape index (κ1) is 16.8. The molecule has 3 aromatic heterocycles. The van der Waals surface area contributed by atoms with Crippen molar-refractivity contribution < 1.29 is 4.74 Å². The van der Waals surface area contributed by atoms with Gasteiger partial charge in [-0.3, -0.25) is 14.3 Å². The fourth-order valence-electron chi connectivity index (χ4n) is 3.61. The van der Waals surface area contributed by atoms with Crippen LogP contribution < -0.4 is 10.3 Å². The number of nitrogens with zero attached hydrogens (tertiary/aromatic N) is 4. The van der Waals surface area contributed by atoms with Gasteiger partial charge >= 0.3 is 11.6 Å². The Morgan fingerprint density at radius 1 is 1.27 bits per heavy atom. The lowest BCUT2D eigenvalue weighted by molar-refractivity contribution is 0.402. The molecule has 1 N–H and O–H groups in total. The summed E-state index contributed by atoms with van der Waals surface area (Å²) in [4.78, 5) is 28.8. The van der Waals surface area contributed by atoms with E-state index in [1.165, 1.54) is 19.3 Å². The zero-order valence-electron chi connectivity index (χ0n) is 14.9. The number of H-pyrrole nitrogens is 1. The van der Waals surface area contributed by atoms with Gasteiger partial charge < -0.3 is 9.72 Å². The van der Waals surface area contributed by atoms with Crippen molar-refractivity contribution in [1.29, 1.82) is 0 Å². The molecule has 1 fully saturated rings. The Bertz CT molecular complexity index is 942. The molecule has 0 spiro atoms. The maximum atomic E-state index is 12.6. The molecule has 26 heavy (non-hydrogen) atoms. The molecule has 136 valence electrons. The van der Waals surface area contributed by atoms with E-state index < -0.39 is 0 Å². The maximum Gasteiger partial charge on any atom is 0.307 e. The Labute approximate surface area is 151 Å². The number of fused-ring (bicyclic) bond motifs is 1. The highest BCUT2D eigenvalue weighted by atomic mass is 16.5. The minimum absolute atomic E-state index is 0.263. The number of nitrogens with one attached hydrogen (secondary N) is 1. The number of aromatic nitrogens is 5. The Kier molecular flexibility index (Phi) is 4.69. The van der Waals surface area contributed by atoms with Crippen LogP contribution >= 0.6 is 0 Å². The van der Waals surface area contributed by atoms with Crippen LogP contribution in [0.1, 0.15) is 57.2 Å². The van der Waals surface area contributed by atoms with Crippen LogP contribution in [0.15, 0.2) is 29.3 Å². The monoisotopic (exact) mass is 353 g/mol. The van der Waals surface area contributed by atoms with Gasteiger partial charge in [-0.25, -0.2) is 4.98 Å². The molecule has 0 saturated heterocycles. The fraction of sp³-hybridized carbons (Fsp3) is 0.474. The summed E-state index contributed by atoms with van der Waals surface area (Å²) in [5.74, 6) is 1.85. The van der Waals surface area contributed by atoms with E-state index >= 15 is 0 Å². The van der Waals surface area contributed by atoms with E-state index in [0.29, 0.717) is 29.4 Å². The Morgan fingerprint density at radius 3 is 2.85 bits per heavy atom. The average Bonchev–Trinajstić information content (AvgIpc) is 3.12. The number of hydrogen-bond donors (Lipinski definition) is 1. The highest BCUT2D eigenvalue weighted by Gasteiger charge is 2.22. The molecule has 0 aromatic carbocycles. The van der Waals surface area contributed by atoms with Crippen LogP contribution in [0.3, 0.4) is 0 Å². The number of aryl methyl sites for hydroxylation is 1. The predicted octanol–water partition coefficient (Wildman–Crippen LogP) is 3.76. The highest BCUT2D eigenvalue weighted by Crippen LogP contribution is 2.32. The van der Waals surface area contributed by atoms with Crippen LogP contribution in [-0.4, -0.2) is 24.5 Å². The number of rotatable bonds is 5. The first-order valence-corrected chi connectivity index (χ1v) is 9.34. The van der Waals surface area contributed by atoms with E-state index in [9.17, 15) is 4.79 Å². The van der Waals surface area contributed by atoms with Crippen molar-refractivity contribution in [1.82, 2.24) is 24.5 Å². The Balaban J connectivity index is 1.79. The molecular weight excluding hydrogens is 330 g/mol. The summed E-state index contributed by atoms with van der Waals surface area (Å²) in [5.41, 5.74) is 0.768. The zero-order valence-corrected chi connectivity index (χ0v) is 14.9. The van der Waals surface area contributed by atoms with Crippen LogP contribution in [0.25, 0.3) is 11.2 Å². The van der Waals surface area contributed by atoms with Gasteiger partial charge in [-0.15, -0.1) is 0 Å². The van der Waals surface area contributed by atoms with Crippen LogP contribution in [0, 0.1) is 0 Å². The van der Waals surface area contributed by atoms with Gasteiger partial charge in [0.1, 0.15) is 11.6 Å². The third-order valence-electron chi connectivity index (χ3n) is 4.88. The number of hydrogen-bond acceptors (Lipinski definition) is 5. The second-order valence-electron chi connectivity index (χ2n) is 6.80. The number of imidazole rings is 1. The molecule has 0 atom stereocenters. The quantitative estimate of drug-likeness (QED) is 0.755. The van der Waals surface area contributed by atoms with Crippen molar-refractivity contribution in [3.63, 3.8) is 0 Å². The minimum Gasteiger partial charge on any atom is -0.424 e. The predicted molar refractivity (Wildman–Crippen MR) is 98.6 cm³/mol. The SMILES string of the molecule is CCCn1c(Oc2cccnc2)nc(=O)c2[nH]c(C3CCCCC3)nc21. The lowest BCUT2D eigenvalue weighted by Gasteiger charge is -2.18. The molecule has 7 nitrogen and oxygen atoms in total. The van der Waals surface area contributed by atoms with E-state index in [-0.39, 0.29) is 11.6 Å².